The summed E-state index contributed by atoms with van der Waals surface area (Å²) in [6, 6.07) is 6.90. The van der Waals surface area contributed by atoms with Gasteiger partial charge in [-0.15, -0.1) is 24.0 Å². The predicted octanol–water partition coefficient (Wildman–Crippen LogP) is 2.76. The number of amides is 3. The maximum absolute atomic E-state index is 12.4. The van der Waals surface area contributed by atoms with Crippen LogP contribution in [0.5, 0.6) is 0 Å². The highest BCUT2D eigenvalue weighted by Gasteiger charge is 2.34. The average molecular weight is 559 g/mol. The van der Waals surface area contributed by atoms with Crippen LogP contribution in [0.2, 0.25) is 0 Å². The second-order valence-corrected chi connectivity index (χ2v) is 8.13. The highest BCUT2D eigenvalue weighted by molar-refractivity contribution is 14.0. The fourth-order valence-corrected chi connectivity index (χ4v) is 3.02. The molecule has 2 rings (SSSR count). The molecule has 1 aromatic rings. The van der Waals surface area contributed by atoms with E-state index < -0.39 is 11.7 Å². The van der Waals surface area contributed by atoms with Crippen molar-refractivity contribution in [2.45, 2.75) is 46.1 Å². The van der Waals surface area contributed by atoms with Crippen LogP contribution in [0.3, 0.4) is 0 Å². The number of nitrogens with one attached hydrogen (secondary N) is 3. The quantitative estimate of drug-likeness (QED) is 0.141. The van der Waals surface area contributed by atoms with Gasteiger partial charge in [0.2, 0.25) is 0 Å². The van der Waals surface area contributed by atoms with Crippen molar-refractivity contribution in [1.29, 1.82) is 0 Å². The molecule has 1 aromatic carbocycles. The standard InChI is InChI=1S/C22H33N5O4.HI/c1-5-23-20(25-13-14-26-21(30)31-22(2,3)4)24-12-8-9-15-27-18(28)16-10-6-7-11-17(16)19(27)29;/h6-7,10-11H,5,8-9,12-15H2,1-4H3,(H,26,30)(H2,23,24,25);1H. The first-order valence-electron chi connectivity index (χ1n) is 10.7. The number of guanidine groups is 1. The van der Waals surface area contributed by atoms with E-state index in [1.807, 2.05) is 27.7 Å². The summed E-state index contributed by atoms with van der Waals surface area (Å²) in [4.78, 5) is 42.1. The van der Waals surface area contributed by atoms with Gasteiger partial charge in [-0.25, -0.2) is 4.79 Å². The van der Waals surface area contributed by atoms with Gasteiger partial charge in [0, 0.05) is 32.7 Å². The number of halogens is 1. The summed E-state index contributed by atoms with van der Waals surface area (Å²) in [5.41, 5.74) is 0.425. The summed E-state index contributed by atoms with van der Waals surface area (Å²) < 4.78 is 5.19. The van der Waals surface area contributed by atoms with E-state index in [0.717, 1.165) is 6.42 Å². The van der Waals surface area contributed by atoms with Crippen LogP contribution in [0, 0.1) is 0 Å². The summed E-state index contributed by atoms with van der Waals surface area (Å²) in [6.45, 7) is 9.96. The molecule has 0 fully saturated rings. The summed E-state index contributed by atoms with van der Waals surface area (Å²) >= 11 is 0. The van der Waals surface area contributed by atoms with Gasteiger partial charge in [-0.2, -0.15) is 0 Å². The van der Waals surface area contributed by atoms with E-state index >= 15 is 0 Å². The predicted molar refractivity (Wildman–Crippen MR) is 135 cm³/mol. The van der Waals surface area contributed by atoms with E-state index in [9.17, 15) is 14.4 Å². The second-order valence-electron chi connectivity index (χ2n) is 8.13. The van der Waals surface area contributed by atoms with Crippen molar-refractivity contribution >= 4 is 47.8 Å². The van der Waals surface area contributed by atoms with Crippen LogP contribution >= 0.6 is 24.0 Å². The van der Waals surface area contributed by atoms with Crippen LogP contribution in [0.4, 0.5) is 4.79 Å². The number of benzene rings is 1. The normalized spacial score (nSPS) is 13.4. The van der Waals surface area contributed by atoms with Crippen molar-refractivity contribution < 1.29 is 19.1 Å². The molecule has 3 N–H and O–H groups in total. The largest absolute Gasteiger partial charge is 0.444 e. The van der Waals surface area contributed by atoms with E-state index in [-0.39, 0.29) is 35.8 Å². The van der Waals surface area contributed by atoms with Gasteiger partial charge in [-0.05, 0) is 52.7 Å². The van der Waals surface area contributed by atoms with E-state index in [0.29, 0.717) is 56.2 Å². The highest BCUT2D eigenvalue weighted by atomic mass is 127. The number of rotatable bonds is 9. The minimum Gasteiger partial charge on any atom is -0.444 e. The molecule has 32 heavy (non-hydrogen) atoms. The molecule has 1 aliphatic rings. The molecular weight excluding hydrogens is 525 g/mol. The van der Waals surface area contributed by atoms with Crippen molar-refractivity contribution in [3.8, 4) is 0 Å². The first-order chi connectivity index (χ1) is 14.7. The van der Waals surface area contributed by atoms with E-state index in [1.54, 1.807) is 24.3 Å². The third kappa shape index (κ3) is 8.64. The zero-order valence-corrected chi connectivity index (χ0v) is 21.5. The Morgan fingerprint density at radius 3 is 2.16 bits per heavy atom. The zero-order valence-electron chi connectivity index (χ0n) is 19.2. The Kier molecular flexibility index (Phi) is 11.4. The van der Waals surface area contributed by atoms with Gasteiger partial charge in [-0.1, -0.05) is 12.1 Å². The lowest BCUT2D eigenvalue weighted by atomic mass is 10.1. The summed E-state index contributed by atoms with van der Waals surface area (Å²) in [5, 5.41) is 8.97. The fourth-order valence-electron chi connectivity index (χ4n) is 3.02. The first-order valence-corrected chi connectivity index (χ1v) is 10.7. The molecule has 0 unspecified atom stereocenters. The van der Waals surface area contributed by atoms with Gasteiger partial charge in [0.1, 0.15) is 5.60 Å². The molecule has 1 heterocycles. The number of carbonyl (C=O) groups excluding carboxylic acids is 3. The average Bonchev–Trinajstić information content (AvgIpc) is 2.94. The molecule has 1 aliphatic heterocycles. The van der Waals surface area contributed by atoms with Crippen LogP contribution in [0.15, 0.2) is 29.3 Å². The Hall–Kier alpha value is -2.37. The molecule has 0 radical (unpaired) electrons. The molecule has 0 atom stereocenters. The van der Waals surface area contributed by atoms with Crippen molar-refractivity contribution in [2.75, 3.05) is 32.7 Å². The maximum atomic E-state index is 12.4. The van der Waals surface area contributed by atoms with Gasteiger partial charge in [0.05, 0.1) is 11.1 Å². The number of alkyl carbamates (subject to hydrolysis) is 1. The van der Waals surface area contributed by atoms with Gasteiger partial charge >= 0.3 is 6.09 Å². The molecule has 10 heteroatoms. The van der Waals surface area contributed by atoms with Gasteiger partial charge in [0.25, 0.3) is 11.8 Å². The van der Waals surface area contributed by atoms with Crippen molar-refractivity contribution in [2.24, 2.45) is 4.99 Å². The SMILES string of the molecule is CCNC(=NCCCCN1C(=O)c2ccccc2C1=O)NCCNC(=O)OC(C)(C)C.I. The molecule has 3 amide bonds. The number of fused-ring (bicyclic) bond motifs is 1. The lowest BCUT2D eigenvalue weighted by Gasteiger charge is -2.20. The molecular formula is C22H34IN5O4. The fraction of sp³-hybridized carbons (Fsp3) is 0.545. The van der Waals surface area contributed by atoms with Crippen LogP contribution < -0.4 is 16.0 Å². The number of ether oxygens (including phenoxy) is 1. The maximum Gasteiger partial charge on any atom is 0.407 e. The number of aliphatic imine (C=N–C) groups is 1. The topological polar surface area (TPSA) is 112 Å². The minimum absolute atomic E-state index is 0. The number of hydrogen-bond acceptors (Lipinski definition) is 5. The Labute approximate surface area is 206 Å². The van der Waals surface area contributed by atoms with E-state index in [2.05, 4.69) is 20.9 Å². The smallest absolute Gasteiger partial charge is 0.407 e. The Balaban J connectivity index is 0.00000512. The Morgan fingerprint density at radius 1 is 1.00 bits per heavy atom. The van der Waals surface area contributed by atoms with Crippen LogP contribution in [0.25, 0.3) is 0 Å². The molecule has 178 valence electrons. The summed E-state index contributed by atoms with van der Waals surface area (Å²) in [5.74, 6) is 0.197. The van der Waals surface area contributed by atoms with Crippen molar-refractivity contribution in [3.63, 3.8) is 0 Å². The van der Waals surface area contributed by atoms with E-state index in [1.165, 1.54) is 4.90 Å². The van der Waals surface area contributed by atoms with Crippen molar-refractivity contribution in [3.05, 3.63) is 35.4 Å². The Bertz CT molecular complexity index is 788. The van der Waals surface area contributed by atoms with E-state index in [4.69, 9.17) is 4.74 Å². The molecule has 0 aromatic heterocycles. The lowest BCUT2D eigenvalue weighted by Crippen LogP contribution is -2.42. The molecule has 0 saturated heterocycles. The number of unbranched alkanes of at least 4 members (excludes halogenated alkanes) is 1. The summed E-state index contributed by atoms with van der Waals surface area (Å²) in [6.07, 6.45) is 0.957. The second kappa shape index (κ2) is 13.2. The Morgan fingerprint density at radius 2 is 1.59 bits per heavy atom. The summed E-state index contributed by atoms with van der Waals surface area (Å²) in [7, 11) is 0. The highest BCUT2D eigenvalue weighted by Crippen LogP contribution is 2.22. The van der Waals surface area contributed by atoms with Crippen molar-refractivity contribution in [1.82, 2.24) is 20.9 Å². The molecule has 0 bridgehead atoms. The lowest BCUT2D eigenvalue weighted by molar-refractivity contribution is 0.0527. The van der Waals surface area contributed by atoms with Gasteiger partial charge < -0.3 is 20.7 Å². The van der Waals surface area contributed by atoms with Crippen LogP contribution in [0.1, 0.15) is 61.3 Å². The number of nitrogens with zero attached hydrogens (tertiary/aromatic N) is 2. The minimum atomic E-state index is -0.527. The molecule has 0 aliphatic carbocycles. The van der Waals surface area contributed by atoms with Gasteiger partial charge in [0.15, 0.2) is 5.96 Å². The molecule has 0 saturated carbocycles. The molecule has 0 spiro atoms. The molecule has 9 nitrogen and oxygen atoms in total. The third-order valence-corrected chi connectivity index (χ3v) is 4.37. The van der Waals surface area contributed by atoms with Crippen LogP contribution in [-0.4, -0.2) is 67.1 Å². The first kappa shape index (κ1) is 27.7. The number of hydrogen-bond donors (Lipinski definition) is 3. The number of imide groups is 1. The monoisotopic (exact) mass is 559 g/mol. The third-order valence-electron chi connectivity index (χ3n) is 4.37. The zero-order chi connectivity index (χ0) is 22.9. The number of carbonyl (C=O) groups is 3. The van der Waals surface area contributed by atoms with Crippen LogP contribution in [-0.2, 0) is 4.74 Å². The van der Waals surface area contributed by atoms with Gasteiger partial charge in [-0.3, -0.25) is 19.5 Å².